The van der Waals surface area contributed by atoms with E-state index in [4.69, 9.17) is 23.7 Å². The lowest BCUT2D eigenvalue weighted by molar-refractivity contribution is -0.197. The summed E-state index contributed by atoms with van der Waals surface area (Å²) in [5.74, 6) is -0.484. The third-order valence-corrected chi connectivity index (χ3v) is 6.15. The molecule has 0 N–H and O–H groups in total. The minimum atomic E-state index is -1.25. The van der Waals surface area contributed by atoms with Crippen molar-refractivity contribution in [3.63, 3.8) is 0 Å². The maximum atomic E-state index is 13.2. The summed E-state index contributed by atoms with van der Waals surface area (Å²) in [4.78, 5) is 13.2. The molecule has 6 heteroatoms. The standard InChI is InChI=1S/C30H32O6/c1-3-19-30(36-28(31)25-17-11-6-12-18-25)27(34-21-24-15-9-5-10-16-24)26(35-29(30)32-2)22-33-20-23-13-7-4-8-14-23/h3-18,26-27,29H,1,19-22H2,2H3/t26-,27+,29+,30-/m1/s1. The Morgan fingerprint density at radius 2 is 1.50 bits per heavy atom. The fraction of sp³-hybridized carbons (Fsp3) is 0.300. The van der Waals surface area contributed by atoms with E-state index in [0.717, 1.165) is 11.1 Å². The van der Waals surface area contributed by atoms with E-state index in [0.29, 0.717) is 18.8 Å². The Bertz CT molecular complexity index is 1090. The molecule has 0 spiro atoms. The Kier molecular flexibility index (Phi) is 9.03. The SMILES string of the molecule is C=CC[C@]1(OC(=O)c2ccccc2)[C@@H](OC)O[C@H](COCc2ccccc2)[C@@H]1OCc1ccccc1. The molecule has 1 aliphatic heterocycles. The quantitative estimate of drug-likeness (QED) is 0.254. The van der Waals surface area contributed by atoms with Gasteiger partial charge in [-0.15, -0.1) is 6.58 Å². The average molecular weight is 489 g/mol. The minimum Gasteiger partial charge on any atom is -0.447 e. The highest BCUT2D eigenvalue weighted by molar-refractivity contribution is 5.89. The van der Waals surface area contributed by atoms with Gasteiger partial charge in [-0.3, -0.25) is 0 Å². The number of hydrogen-bond acceptors (Lipinski definition) is 6. The van der Waals surface area contributed by atoms with Gasteiger partial charge in [-0.2, -0.15) is 0 Å². The Morgan fingerprint density at radius 3 is 2.08 bits per heavy atom. The van der Waals surface area contributed by atoms with Gasteiger partial charge in [-0.25, -0.2) is 4.79 Å². The summed E-state index contributed by atoms with van der Waals surface area (Å²) in [7, 11) is 1.53. The molecule has 0 radical (unpaired) electrons. The van der Waals surface area contributed by atoms with Gasteiger partial charge >= 0.3 is 5.97 Å². The minimum absolute atomic E-state index is 0.232. The van der Waals surface area contributed by atoms with Crippen molar-refractivity contribution in [2.45, 2.75) is 43.7 Å². The highest BCUT2D eigenvalue weighted by Gasteiger charge is 2.60. The van der Waals surface area contributed by atoms with E-state index in [9.17, 15) is 4.79 Å². The first-order chi connectivity index (χ1) is 17.7. The normalized spacial score (nSPS) is 23.3. The Morgan fingerprint density at radius 1 is 0.917 bits per heavy atom. The highest BCUT2D eigenvalue weighted by atomic mass is 16.7. The van der Waals surface area contributed by atoms with Crippen molar-refractivity contribution in [2.75, 3.05) is 13.7 Å². The fourth-order valence-corrected chi connectivity index (χ4v) is 4.44. The molecule has 0 unspecified atom stereocenters. The van der Waals surface area contributed by atoms with E-state index >= 15 is 0 Å². The molecule has 1 fully saturated rings. The Balaban J connectivity index is 1.59. The van der Waals surface area contributed by atoms with Crippen molar-refractivity contribution in [3.8, 4) is 0 Å². The van der Waals surface area contributed by atoms with E-state index in [1.54, 1.807) is 30.3 Å². The lowest BCUT2D eigenvalue weighted by atomic mass is 9.90. The van der Waals surface area contributed by atoms with Crippen LogP contribution in [0.4, 0.5) is 0 Å². The summed E-state index contributed by atoms with van der Waals surface area (Å²) < 4.78 is 30.6. The van der Waals surface area contributed by atoms with Crippen LogP contribution >= 0.6 is 0 Å². The lowest BCUT2D eigenvalue weighted by Crippen LogP contribution is -2.53. The molecule has 0 aromatic heterocycles. The van der Waals surface area contributed by atoms with Crippen molar-refractivity contribution >= 4 is 5.97 Å². The van der Waals surface area contributed by atoms with Crippen molar-refractivity contribution < 1.29 is 28.5 Å². The second-order valence-corrected chi connectivity index (χ2v) is 8.66. The maximum absolute atomic E-state index is 13.2. The van der Waals surface area contributed by atoms with Crippen LogP contribution in [0.3, 0.4) is 0 Å². The first-order valence-electron chi connectivity index (χ1n) is 12.0. The first kappa shape index (κ1) is 25.8. The van der Waals surface area contributed by atoms with Crippen LogP contribution < -0.4 is 0 Å². The van der Waals surface area contributed by atoms with E-state index in [1.165, 1.54) is 7.11 Å². The van der Waals surface area contributed by atoms with Crippen LogP contribution in [0.5, 0.6) is 0 Å². The Labute approximate surface area is 212 Å². The Hall–Kier alpha value is -3.29. The van der Waals surface area contributed by atoms with E-state index in [1.807, 2.05) is 66.7 Å². The van der Waals surface area contributed by atoms with Gasteiger partial charge in [0, 0.05) is 13.5 Å². The van der Waals surface area contributed by atoms with Gasteiger partial charge in [0.1, 0.15) is 12.2 Å². The van der Waals surface area contributed by atoms with E-state index in [2.05, 4.69) is 6.58 Å². The first-order valence-corrected chi connectivity index (χ1v) is 12.0. The second-order valence-electron chi connectivity index (χ2n) is 8.66. The number of carbonyl (C=O) groups excluding carboxylic acids is 1. The molecule has 0 amide bonds. The van der Waals surface area contributed by atoms with E-state index < -0.39 is 30.1 Å². The van der Waals surface area contributed by atoms with E-state index in [-0.39, 0.29) is 13.0 Å². The molecule has 6 nitrogen and oxygen atoms in total. The predicted octanol–water partition coefficient (Wildman–Crippen LogP) is 5.33. The lowest BCUT2D eigenvalue weighted by Gasteiger charge is -2.36. The number of rotatable bonds is 12. The molecular formula is C30H32O6. The van der Waals surface area contributed by atoms with Gasteiger partial charge in [0.25, 0.3) is 0 Å². The van der Waals surface area contributed by atoms with Gasteiger partial charge in [0.2, 0.25) is 6.29 Å². The van der Waals surface area contributed by atoms with Gasteiger partial charge in [-0.1, -0.05) is 84.9 Å². The number of benzene rings is 3. The number of carbonyl (C=O) groups is 1. The van der Waals surface area contributed by atoms with Crippen LogP contribution in [0.1, 0.15) is 27.9 Å². The predicted molar refractivity (Wildman–Crippen MR) is 136 cm³/mol. The molecule has 3 aromatic carbocycles. The summed E-state index contributed by atoms with van der Waals surface area (Å²) in [6.07, 6.45) is -0.0948. The third kappa shape index (κ3) is 6.09. The third-order valence-electron chi connectivity index (χ3n) is 6.15. The largest absolute Gasteiger partial charge is 0.447 e. The summed E-state index contributed by atoms with van der Waals surface area (Å²) in [6, 6.07) is 28.6. The molecule has 1 heterocycles. The number of esters is 1. The van der Waals surface area contributed by atoms with Crippen LogP contribution in [-0.4, -0.2) is 43.8 Å². The summed E-state index contributed by atoms with van der Waals surface area (Å²) in [5.41, 5.74) is 1.22. The maximum Gasteiger partial charge on any atom is 0.338 e. The van der Waals surface area contributed by atoms with Gasteiger partial charge in [0.15, 0.2) is 5.60 Å². The van der Waals surface area contributed by atoms with Crippen molar-refractivity contribution in [1.82, 2.24) is 0 Å². The average Bonchev–Trinajstić information content (AvgIpc) is 3.20. The number of ether oxygens (including phenoxy) is 5. The molecule has 188 valence electrons. The molecule has 4 atom stereocenters. The molecule has 0 bridgehead atoms. The summed E-state index contributed by atoms with van der Waals surface area (Å²) >= 11 is 0. The number of hydrogen-bond donors (Lipinski definition) is 0. The van der Waals surface area contributed by atoms with Crippen LogP contribution in [0.25, 0.3) is 0 Å². The summed E-state index contributed by atoms with van der Waals surface area (Å²) in [6.45, 7) is 4.87. The molecule has 1 aliphatic rings. The molecule has 36 heavy (non-hydrogen) atoms. The van der Waals surface area contributed by atoms with Crippen LogP contribution in [-0.2, 0) is 36.9 Å². The van der Waals surface area contributed by atoms with Gasteiger partial charge in [-0.05, 0) is 23.3 Å². The van der Waals surface area contributed by atoms with Crippen molar-refractivity contribution in [2.24, 2.45) is 0 Å². The zero-order chi connectivity index (χ0) is 25.2. The zero-order valence-corrected chi connectivity index (χ0v) is 20.5. The monoisotopic (exact) mass is 488 g/mol. The fourth-order valence-electron chi connectivity index (χ4n) is 4.44. The molecule has 4 rings (SSSR count). The molecule has 0 saturated carbocycles. The second kappa shape index (κ2) is 12.6. The molecule has 1 saturated heterocycles. The van der Waals surface area contributed by atoms with Crippen molar-refractivity contribution in [3.05, 3.63) is 120 Å². The summed E-state index contributed by atoms with van der Waals surface area (Å²) in [5, 5.41) is 0. The van der Waals surface area contributed by atoms with Crippen LogP contribution in [0, 0.1) is 0 Å². The molecule has 3 aromatic rings. The molecular weight excluding hydrogens is 456 g/mol. The van der Waals surface area contributed by atoms with Gasteiger partial charge in [0.05, 0.1) is 25.4 Å². The smallest absolute Gasteiger partial charge is 0.338 e. The zero-order valence-electron chi connectivity index (χ0n) is 20.5. The number of methoxy groups -OCH3 is 1. The van der Waals surface area contributed by atoms with Crippen LogP contribution in [0.2, 0.25) is 0 Å². The molecule has 0 aliphatic carbocycles. The highest BCUT2D eigenvalue weighted by Crippen LogP contribution is 2.41. The van der Waals surface area contributed by atoms with Crippen molar-refractivity contribution in [1.29, 1.82) is 0 Å². The van der Waals surface area contributed by atoms with Crippen LogP contribution in [0.15, 0.2) is 104 Å². The topological polar surface area (TPSA) is 63.2 Å². The van der Waals surface area contributed by atoms with Gasteiger partial charge < -0.3 is 23.7 Å².